The minimum atomic E-state index is -0.433. The average Bonchev–Trinajstić information content (AvgIpc) is 2.83. The lowest BCUT2D eigenvalue weighted by Gasteiger charge is -2.12. The summed E-state index contributed by atoms with van der Waals surface area (Å²) in [7, 11) is 0. The van der Waals surface area contributed by atoms with Crippen molar-refractivity contribution in [3.63, 3.8) is 0 Å². The van der Waals surface area contributed by atoms with Crippen LogP contribution in [0.1, 0.15) is 12.0 Å². The Morgan fingerprint density at radius 3 is 2.84 bits per heavy atom. The summed E-state index contributed by atoms with van der Waals surface area (Å²) >= 11 is 0. The number of amides is 1. The Bertz CT molecular complexity index is 396. The summed E-state index contributed by atoms with van der Waals surface area (Å²) in [4.78, 5) is 11.4. The third kappa shape index (κ3) is 4.54. The Balaban J connectivity index is 1.60. The second-order valence-electron chi connectivity index (χ2n) is 4.64. The van der Waals surface area contributed by atoms with E-state index in [4.69, 9.17) is 9.47 Å². The largest absolute Gasteiger partial charge is 0.445 e. The monoisotopic (exact) mass is 265 g/mol. The summed E-state index contributed by atoms with van der Waals surface area (Å²) in [5, 5.41) is 12.2. The van der Waals surface area contributed by atoms with Gasteiger partial charge in [-0.1, -0.05) is 30.3 Å². The molecule has 0 unspecified atom stereocenters. The standard InChI is InChI=1S/C14H19NO4/c16-13-10-18-9-12(13)6-7-15-14(17)19-8-11-4-2-1-3-5-11/h1-5,12-13,16H,6-10H2,(H,15,17)/t12-,13-/m1/s1. The molecule has 0 saturated carbocycles. The summed E-state index contributed by atoms with van der Waals surface area (Å²) in [6.45, 7) is 1.70. The van der Waals surface area contributed by atoms with Crippen LogP contribution in [0.25, 0.3) is 0 Å². The maximum atomic E-state index is 11.4. The summed E-state index contributed by atoms with van der Waals surface area (Å²) < 4.78 is 10.2. The van der Waals surface area contributed by atoms with E-state index in [1.165, 1.54) is 0 Å². The summed E-state index contributed by atoms with van der Waals surface area (Å²) in [6.07, 6.45) is -0.152. The lowest BCUT2D eigenvalue weighted by atomic mass is 10.0. The van der Waals surface area contributed by atoms with E-state index in [0.29, 0.717) is 26.2 Å². The number of rotatable bonds is 5. The van der Waals surface area contributed by atoms with Gasteiger partial charge in [0.25, 0.3) is 0 Å². The van der Waals surface area contributed by atoms with Crippen LogP contribution in [-0.4, -0.2) is 37.1 Å². The van der Waals surface area contributed by atoms with Gasteiger partial charge in [-0.2, -0.15) is 0 Å². The molecule has 1 heterocycles. The lowest BCUT2D eigenvalue weighted by molar-refractivity contribution is 0.116. The van der Waals surface area contributed by atoms with Gasteiger partial charge >= 0.3 is 6.09 Å². The lowest BCUT2D eigenvalue weighted by Crippen LogP contribution is -2.29. The first-order valence-corrected chi connectivity index (χ1v) is 6.46. The Kier molecular flexibility index (Phi) is 5.18. The molecule has 0 bridgehead atoms. The highest BCUT2D eigenvalue weighted by Crippen LogP contribution is 2.16. The van der Waals surface area contributed by atoms with E-state index < -0.39 is 12.2 Å². The molecule has 1 aromatic rings. The average molecular weight is 265 g/mol. The van der Waals surface area contributed by atoms with Crippen LogP contribution in [-0.2, 0) is 16.1 Å². The maximum absolute atomic E-state index is 11.4. The first-order valence-electron chi connectivity index (χ1n) is 6.46. The Morgan fingerprint density at radius 1 is 1.37 bits per heavy atom. The van der Waals surface area contributed by atoms with E-state index in [0.717, 1.165) is 5.56 Å². The van der Waals surface area contributed by atoms with Gasteiger partial charge in [-0.05, 0) is 12.0 Å². The predicted octanol–water partition coefficient (Wildman–Crippen LogP) is 1.31. The SMILES string of the molecule is O=C(NCC[C@@H]1COC[C@H]1O)OCc1ccccc1. The number of benzene rings is 1. The van der Waals surface area contributed by atoms with Crippen LogP contribution in [0.3, 0.4) is 0 Å². The first-order chi connectivity index (χ1) is 9.25. The van der Waals surface area contributed by atoms with Crippen molar-refractivity contribution in [1.29, 1.82) is 0 Å². The van der Waals surface area contributed by atoms with Gasteiger partial charge in [0.05, 0.1) is 19.3 Å². The third-order valence-electron chi connectivity index (χ3n) is 3.16. The van der Waals surface area contributed by atoms with Crippen LogP contribution in [0.5, 0.6) is 0 Å². The minimum absolute atomic E-state index is 0.106. The van der Waals surface area contributed by atoms with E-state index in [1.807, 2.05) is 30.3 Å². The predicted molar refractivity (Wildman–Crippen MR) is 69.6 cm³/mol. The molecule has 0 aromatic heterocycles. The number of aliphatic hydroxyl groups is 1. The van der Waals surface area contributed by atoms with Crippen LogP contribution >= 0.6 is 0 Å². The summed E-state index contributed by atoms with van der Waals surface area (Å²) in [5.41, 5.74) is 0.956. The highest BCUT2D eigenvalue weighted by molar-refractivity contribution is 5.67. The normalized spacial score (nSPS) is 22.2. The topological polar surface area (TPSA) is 67.8 Å². The van der Waals surface area contributed by atoms with Gasteiger partial charge in [0.1, 0.15) is 6.61 Å². The van der Waals surface area contributed by atoms with Crippen molar-refractivity contribution < 1.29 is 19.4 Å². The fraction of sp³-hybridized carbons (Fsp3) is 0.500. The minimum Gasteiger partial charge on any atom is -0.445 e. The second-order valence-corrected chi connectivity index (χ2v) is 4.64. The van der Waals surface area contributed by atoms with Crippen LogP contribution in [0.2, 0.25) is 0 Å². The number of nitrogens with one attached hydrogen (secondary N) is 1. The highest BCUT2D eigenvalue weighted by Gasteiger charge is 2.25. The molecule has 104 valence electrons. The van der Waals surface area contributed by atoms with Crippen molar-refractivity contribution in [3.05, 3.63) is 35.9 Å². The molecule has 0 spiro atoms. The molecule has 1 aliphatic rings. The zero-order chi connectivity index (χ0) is 13.5. The molecule has 2 rings (SSSR count). The van der Waals surface area contributed by atoms with Gasteiger partial charge in [-0.3, -0.25) is 0 Å². The molecule has 5 nitrogen and oxygen atoms in total. The van der Waals surface area contributed by atoms with Crippen molar-refractivity contribution in [2.24, 2.45) is 5.92 Å². The van der Waals surface area contributed by atoms with E-state index in [-0.39, 0.29) is 12.5 Å². The molecule has 0 aliphatic carbocycles. The Morgan fingerprint density at radius 2 is 2.16 bits per heavy atom. The maximum Gasteiger partial charge on any atom is 0.407 e. The molecule has 1 amide bonds. The Hall–Kier alpha value is -1.59. The number of carbonyl (C=O) groups is 1. The van der Waals surface area contributed by atoms with Crippen LogP contribution in [0, 0.1) is 5.92 Å². The van der Waals surface area contributed by atoms with Crippen LogP contribution < -0.4 is 5.32 Å². The van der Waals surface area contributed by atoms with Crippen molar-refractivity contribution in [1.82, 2.24) is 5.32 Å². The van der Waals surface area contributed by atoms with Gasteiger partial charge in [0.15, 0.2) is 0 Å². The smallest absolute Gasteiger partial charge is 0.407 e. The number of ether oxygens (including phenoxy) is 2. The van der Waals surface area contributed by atoms with Crippen molar-refractivity contribution >= 4 is 6.09 Å². The third-order valence-corrected chi connectivity index (χ3v) is 3.16. The number of hydrogen-bond acceptors (Lipinski definition) is 4. The molecule has 0 radical (unpaired) electrons. The van der Waals surface area contributed by atoms with Gasteiger partial charge in [0, 0.05) is 12.5 Å². The fourth-order valence-electron chi connectivity index (χ4n) is 2.00. The van der Waals surface area contributed by atoms with Crippen LogP contribution in [0.4, 0.5) is 4.79 Å². The number of aliphatic hydroxyl groups excluding tert-OH is 1. The second kappa shape index (κ2) is 7.11. The zero-order valence-corrected chi connectivity index (χ0v) is 10.7. The van der Waals surface area contributed by atoms with E-state index >= 15 is 0 Å². The van der Waals surface area contributed by atoms with E-state index in [1.54, 1.807) is 0 Å². The summed E-state index contributed by atoms with van der Waals surface area (Å²) in [6, 6.07) is 9.52. The van der Waals surface area contributed by atoms with Gasteiger partial charge in [-0.15, -0.1) is 0 Å². The van der Waals surface area contributed by atoms with Crippen LogP contribution in [0.15, 0.2) is 30.3 Å². The van der Waals surface area contributed by atoms with E-state index in [9.17, 15) is 9.90 Å². The number of hydrogen-bond donors (Lipinski definition) is 2. The summed E-state index contributed by atoms with van der Waals surface area (Å²) in [5.74, 6) is 0.106. The zero-order valence-electron chi connectivity index (χ0n) is 10.7. The molecule has 19 heavy (non-hydrogen) atoms. The number of alkyl carbamates (subject to hydrolysis) is 1. The van der Waals surface area contributed by atoms with Crippen molar-refractivity contribution in [3.8, 4) is 0 Å². The molecule has 1 fully saturated rings. The molecule has 1 saturated heterocycles. The molecule has 2 N–H and O–H groups in total. The highest BCUT2D eigenvalue weighted by atomic mass is 16.5. The first kappa shape index (κ1) is 13.8. The molecule has 1 aromatic carbocycles. The number of carbonyl (C=O) groups excluding carboxylic acids is 1. The van der Waals surface area contributed by atoms with Gasteiger partial charge in [-0.25, -0.2) is 4.79 Å². The molecular formula is C14H19NO4. The van der Waals surface area contributed by atoms with Crippen molar-refractivity contribution in [2.45, 2.75) is 19.1 Å². The molecular weight excluding hydrogens is 246 g/mol. The molecule has 5 heteroatoms. The van der Waals surface area contributed by atoms with Gasteiger partial charge < -0.3 is 19.9 Å². The van der Waals surface area contributed by atoms with Crippen molar-refractivity contribution in [2.75, 3.05) is 19.8 Å². The van der Waals surface area contributed by atoms with E-state index in [2.05, 4.69) is 5.32 Å². The molecule has 1 aliphatic heterocycles. The Labute approximate surface area is 112 Å². The molecule has 2 atom stereocenters. The van der Waals surface area contributed by atoms with Gasteiger partial charge in [0.2, 0.25) is 0 Å². The quantitative estimate of drug-likeness (QED) is 0.842. The fourth-order valence-corrected chi connectivity index (χ4v) is 2.00.